The summed E-state index contributed by atoms with van der Waals surface area (Å²) < 4.78 is 134. The highest BCUT2D eigenvalue weighted by Crippen LogP contribution is 2.47. The summed E-state index contributed by atoms with van der Waals surface area (Å²) >= 11 is 0. The van der Waals surface area contributed by atoms with Gasteiger partial charge in [0.2, 0.25) is 0 Å². The first-order valence-electron chi connectivity index (χ1n) is 43.1. The zero-order valence-corrected chi connectivity index (χ0v) is 73.1. The van der Waals surface area contributed by atoms with Gasteiger partial charge in [-0.3, -0.25) is 0 Å². The molecule has 4 heterocycles. The molecular formula is C95H124O23Si2. The van der Waals surface area contributed by atoms with Crippen LogP contribution in [-0.4, -0.2) is 224 Å². The lowest BCUT2D eigenvalue weighted by molar-refractivity contribution is -0.0358. The van der Waals surface area contributed by atoms with E-state index >= 15 is 0 Å². The van der Waals surface area contributed by atoms with Crippen molar-refractivity contribution in [1.82, 2.24) is 0 Å². The van der Waals surface area contributed by atoms with E-state index in [0.29, 0.717) is 180 Å². The quantitative estimate of drug-likeness (QED) is 0.0212. The van der Waals surface area contributed by atoms with E-state index < -0.39 is 23.7 Å². The van der Waals surface area contributed by atoms with E-state index in [2.05, 4.69) is 97.1 Å². The molecule has 8 aromatic carbocycles. The average Bonchev–Trinajstić information content (AvgIpc) is 1.76. The number of aliphatic hydroxyl groups is 1. The van der Waals surface area contributed by atoms with Gasteiger partial charge in [-0.2, -0.15) is 0 Å². The fraction of sp³-hybridized carbons (Fsp3) is 0.495. The SMILES string of the molecule is CCOCC(COc1ccc(C(c2ccc(OCC(O)COc3ccc(C(c4ccc(OCC(COCC)OCCC[Si](OCC)(OCC)OCC)cc4)C(c4ccc(OCC5CO5)cc4)c4ccc(OCC5CO5)cc4)cc3)cc2)C(c2ccc(OCC3CO3)cc2)c2ccc(OCC3CO3)cc2)cc1)OCCC[Si](OCC)(OCC)OCC. The molecule has 12 rings (SSSR count). The van der Waals surface area contributed by atoms with Gasteiger partial charge in [0, 0.05) is 102 Å². The fourth-order valence-corrected chi connectivity index (χ4v) is 19.7. The summed E-state index contributed by atoms with van der Waals surface area (Å²) in [5, 5.41) is 11.7. The maximum atomic E-state index is 11.7. The second-order valence-electron chi connectivity index (χ2n) is 29.9. The molecule has 1 N–H and O–H groups in total. The van der Waals surface area contributed by atoms with E-state index in [1.807, 2.05) is 152 Å². The minimum atomic E-state index is -2.84. The summed E-state index contributed by atoms with van der Waals surface area (Å²) in [6.45, 7) is 26.9. The molecule has 0 aliphatic carbocycles. The van der Waals surface area contributed by atoms with E-state index in [1.165, 1.54) is 0 Å². The largest absolute Gasteiger partial charge is 0.501 e. The molecule has 0 saturated carbocycles. The molecule has 4 aliphatic heterocycles. The minimum absolute atomic E-state index is 0.0250. The second kappa shape index (κ2) is 48.2. The summed E-state index contributed by atoms with van der Waals surface area (Å²) in [4.78, 5) is 0. The number of hydrogen-bond acceptors (Lipinski definition) is 23. The Morgan fingerprint density at radius 3 is 0.667 bits per heavy atom. The van der Waals surface area contributed by atoms with Crippen LogP contribution in [0.1, 0.15) is 136 Å². The molecule has 8 unspecified atom stereocenters. The van der Waals surface area contributed by atoms with Crippen LogP contribution in [0.15, 0.2) is 194 Å². The van der Waals surface area contributed by atoms with Crippen LogP contribution in [0.2, 0.25) is 12.1 Å². The van der Waals surface area contributed by atoms with E-state index in [9.17, 15) is 5.11 Å². The van der Waals surface area contributed by atoms with Gasteiger partial charge in [0.05, 0.1) is 39.6 Å². The average molecular weight is 1690 g/mol. The van der Waals surface area contributed by atoms with Gasteiger partial charge in [0.25, 0.3) is 0 Å². The third-order valence-electron chi connectivity index (χ3n) is 20.9. The Bertz CT molecular complexity index is 3730. The Hall–Kier alpha value is -8.01. The van der Waals surface area contributed by atoms with Gasteiger partial charge in [-0.1, -0.05) is 97.1 Å². The summed E-state index contributed by atoms with van der Waals surface area (Å²) in [5.74, 6) is 4.75. The first-order chi connectivity index (χ1) is 58.9. The van der Waals surface area contributed by atoms with Crippen LogP contribution in [0, 0.1) is 0 Å². The first kappa shape index (κ1) is 91.2. The predicted octanol–water partition coefficient (Wildman–Crippen LogP) is 16.0. The van der Waals surface area contributed by atoms with Crippen LogP contribution in [0.3, 0.4) is 0 Å². The molecule has 0 spiro atoms. The molecule has 0 radical (unpaired) electrons. The zero-order valence-electron chi connectivity index (χ0n) is 71.1. The van der Waals surface area contributed by atoms with Crippen molar-refractivity contribution < 1.29 is 107 Å². The van der Waals surface area contributed by atoms with Crippen molar-refractivity contribution in [3.05, 3.63) is 239 Å². The Kier molecular flexibility index (Phi) is 36.6. The number of ether oxygens (including phenoxy) is 16. The van der Waals surface area contributed by atoms with Crippen LogP contribution < -0.4 is 37.9 Å². The lowest BCUT2D eigenvalue weighted by Crippen LogP contribution is -2.46. The van der Waals surface area contributed by atoms with Gasteiger partial charge in [-0.15, -0.1) is 0 Å². The van der Waals surface area contributed by atoms with Gasteiger partial charge in [0.15, 0.2) is 0 Å². The Morgan fingerprint density at radius 1 is 0.275 bits per heavy atom. The first-order valence-corrected chi connectivity index (χ1v) is 46.9. The maximum Gasteiger partial charge on any atom is 0.501 e. The van der Waals surface area contributed by atoms with Gasteiger partial charge in [0.1, 0.15) is 142 Å². The molecule has 0 bridgehead atoms. The van der Waals surface area contributed by atoms with E-state index in [0.717, 1.165) is 67.5 Å². The van der Waals surface area contributed by atoms with Gasteiger partial charge < -0.3 is 107 Å². The second-order valence-corrected chi connectivity index (χ2v) is 35.4. The summed E-state index contributed by atoms with van der Waals surface area (Å²) in [7, 11) is -5.67. The van der Waals surface area contributed by atoms with Crippen LogP contribution in [0.5, 0.6) is 46.0 Å². The van der Waals surface area contributed by atoms with Crippen molar-refractivity contribution in [2.75, 3.05) is 159 Å². The van der Waals surface area contributed by atoms with Crippen molar-refractivity contribution in [2.45, 2.75) is 147 Å². The van der Waals surface area contributed by atoms with Crippen LogP contribution >= 0.6 is 0 Å². The minimum Gasteiger partial charge on any atom is -0.491 e. The van der Waals surface area contributed by atoms with Gasteiger partial charge in [-0.25, -0.2) is 0 Å². The summed E-state index contributed by atoms with van der Waals surface area (Å²) in [6, 6.07) is 67.7. The van der Waals surface area contributed by atoms with E-state index in [1.54, 1.807) is 0 Å². The number of aliphatic hydroxyl groups excluding tert-OH is 1. The molecule has 23 nitrogen and oxygen atoms in total. The Labute approximate surface area is 711 Å². The highest BCUT2D eigenvalue weighted by Gasteiger charge is 2.42. The molecule has 0 amide bonds. The fourth-order valence-electron chi connectivity index (χ4n) is 14.6. The molecule has 0 aromatic heterocycles. The molecule has 120 heavy (non-hydrogen) atoms. The van der Waals surface area contributed by atoms with Crippen LogP contribution in [0.4, 0.5) is 0 Å². The smallest absolute Gasteiger partial charge is 0.491 e. The third-order valence-corrected chi connectivity index (χ3v) is 27.2. The van der Waals surface area contributed by atoms with Crippen LogP contribution in [-0.2, 0) is 64.5 Å². The Morgan fingerprint density at radius 2 is 0.475 bits per heavy atom. The third kappa shape index (κ3) is 29.1. The number of rotatable bonds is 62. The lowest BCUT2D eigenvalue weighted by atomic mass is 9.73. The molecule has 25 heteroatoms. The Balaban J connectivity index is 0.755. The monoisotopic (exact) mass is 1690 g/mol. The van der Waals surface area contributed by atoms with E-state index in [4.69, 9.17) is 102 Å². The zero-order chi connectivity index (χ0) is 83.6. The highest BCUT2D eigenvalue weighted by molar-refractivity contribution is 6.61. The standard InChI is InChI=1S/C95H124O23Si2/c1-9-97-57-86(99-51-17-53-119(113-11-3,114-12-4)115-13-5)59-103-80-39-23-71(24-40-80)92(94(73-27-43-82(44-28-73)105-61-88-65-109-88)74-29-45-83(46-30-74)106-62-89-66-110-89)69-19-35-78(36-20-69)101-55-77(96)56-102-79-37-21-70(22-38-79)93(95(75-31-47-84(48-32-75)107-63-90-67-111-90)76-33-49-85(50-34-76)108-64-91-68-112-91)72-25-41-81(42-26-72)104-60-87(58-98-10-2)100-52-18-54-120(116-14-6,117-15-7)118-16-8/h19-50,77,86-96H,9-18,51-68H2,1-8H3. The molecule has 4 aliphatic rings. The molecule has 650 valence electrons. The van der Waals surface area contributed by atoms with Gasteiger partial charge in [-0.05, 0) is 210 Å². The van der Waals surface area contributed by atoms with Crippen molar-refractivity contribution in [2.24, 2.45) is 0 Å². The van der Waals surface area contributed by atoms with Crippen LogP contribution in [0.25, 0.3) is 0 Å². The number of epoxide rings is 4. The topological polar surface area (TPSA) is 236 Å². The van der Waals surface area contributed by atoms with Crippen molar-refractivity contribution in [3.63, 3.8) is 0 Å². The molecular weight excluding hydrogens is 1570 g/mol. The lowest BCUT2D eigenvalue weighted by Gasteiger charge is -2.30. The molecule has 8 aromatic rings. The van der Waals surface area contributed by atoms with Crippen molar-refractivity contribution >= 4 is 17.6 Å². The molecule has 4 saturated heterocycles. The molecule has 4 fully saturated rings. The number of hydrogen-bond donors (Lipinski definition) is 1. The summed E-state index contributed by atoms with van der Waals surface area (Å²) in [5.41, 5.74) is 8.48. The highest BCUT2D eigenvalue weighted by atomic mass is 28.4. The number of benzene rings is 8. The normalized spacial score (nSPS) is 17.8. The van der Waals surface area contributed by atoms with Gasteiger partial charge >= 0.3 is 17.6 Å². The van der Waals surface area contributed by atoms with Crippen molar-refractivity contribution in [1.29, 1.82) is 0 Å². The molecule has 8 atom stereocenters. The predicted molar refractivity (Wildman–Crippen MR) is 460 cm³/mol. The van der Waals surface area contributed by atoms with E-state index in [-0.39, 0.29) is 86.7 Å². The summed E-state index contributed by atoms with van der Waals surface area (Å²) in [6.07, 6.45) is 0.227. The van der Waals surface area contributed by atoms with Crippen molar-refractivity contribution in [3.8, 4) is 46.0 Å². The maximum absolute atomic E-state index is 11.7.